The van der Waals surface area contributed by atoms with E-state index < -0.39 is 6.10 Å². The molecule has 0 spiro atoms. The van der Waals surface area contributed by atoms with Crippen LogP contribution in [0.4, 0.5) is 0 Å². The second kappa shape index (κ2) is 6.64. The zero-order chi connectivity index (χ0) is 16.5. The van der Waals surface area contributed by atoms with Crippen molar-refractivity contribution in [1.82, 2.24) is 24.8 Å². The van der Waals surface area contributed by atoms with Crippen molar-refractivity contribution in [3.63, 3.8) is 0 Å². The van der Waals surface area contributed by atoms with E-state index in [0.29, 0.717) is 18.9 Å². The van der Waals surface area contributed by atoms with Gasteiger partial charge in [-0.3, -0.25) is 9.58 Å². The largest absolute Gasteiger partial charge is 0.387 e. The Kier molecular flexibility index (Phi) is 4.37. The Labute approximate surface area is 141 Å². The van der Waals surface area contributed by atoms with Gasteiger partial charge in [-0.15, -0.1) is 0 Å². The number of fused-ring (bicyclic) bond motifs is 1. The number of aromatic nitrogens is 4. The fraction of sp³-hybridized carbons (Fsp3) is 0.706. The highest BCUT2D eigenvalue weighted by atomic mass is 16.5. The minimum atomic E-state index is -0.470. The van der Waals surface area contributed by atoms with Crippen LogP contribution in [0.1, 0.15) is 74.2 Å². The van der Waals surface area contributed by atoms with Crippen molar-refractivity contribution in [3.05, 3.63) is 29.2 Å². The Morgan fingerprint density at radius 3 is 2.96 bits per heavy atom. The van der Waals surface area contributed by atoms with E-state index in [1.165, 1.54) is 25.7 Å². The van der Waals surface area contributed by atoms with Gasteiger partial charge in [-0.25, -0.2) is 0 Å². The molecule has 24 heavy (non-hydrogen) atoms. The smallest absolute Gasteiger partial charge is 0.229 e. The first kappa shape index (κ1) is 15.8. The van der Waals surface area contributed by atoms with Gasteiger partial charge in [0.1, 0.15) is 0 Å². The van der Waals surface area contributed by atoms with Crippen LogP contribution in [0.2, 0.25) is 0 Å². The molecule has 1 atom stereocenters. The maximum absolute atomic E-state index is 9.96. The van der Waals surface area contributed by atoms with Crippen molar-refractivity contribution >= 4 is 0 Å². The molecule has 2 aliphatic rings. The SMILES string of the molecule is CC[C@H](O)c1cc2n(n1)CCN(Cc1noc(C3CCCC3)n1)C2. The van der Waals surface area contributed by atoms with E-state index in [4.69, 9.17) is 4.52 Å². The summed E-state index contributed by atoms with van der Waals surface area (Å²) in [5, 5.41) is 18.6. The number of aliphatic hydroxyl groups is 1. The van der Waals surface area contributed by atoms with Crippen molar-refractivity contribution in [3.8, 4) is 0 Å². The van der Waals surface area contributed by atoms with Gasteiger partial charge in [-0.2, -0.15) is 10.1 Å². The topological polar surface area (TPSA) is 80.2 Å². The van der Waals surface area contributed by atoms with Crippen LogP contribution in [0.15, 0.2) is 10.6 Å². The summed E-state index contributed by atoms with van der Waals surface area (Å²) in [7, 11) is 0. The van der Waals surface area contributed by atoms with E-state index in [2.05, 4.69) is 20.1 Å². The van der Waals surface area contributed by atoms with Crippen molar-refractivity contribution in [2.24, 2.45) is 0 Å². The summed E-state index contributed by atoms with van der Waals surface area (Å²) in [4.78, 5) is 6.92. The average molecular weight is 331 g/mol. The molecule has 3 heterocycles. The van der Waals surface area contributed by atoms with Gasteiger partial charge in [-0.1, -0.05) is 24.9 Å². The van der Waals surface area contributed by atoms with Crippen LogP contribution >= 0.6 is 0 Å². The summed E-state index contributed by atoms with van der Waals surface area (Å²) >= 11 is 0. The van der Waals surface area contributed by atoms with Gasteiger partial charge in [0, 0.05) is 19.0 Å². The lowest BCUT2D eigenvalue weighted by molar-refractivity contribution is 0.166. The number of hydrogen-bond acceptors (Lipinski definition) is 6. The van der Waals surface area contributed by atoms with Gasteiger partial charge < -0.3 is 9.63 Å². The molecule has 2 aromatic rings. The highest BCUT2D eigenvalue weighted by Gasteiger charge is 2.25. The molecule has 1 aliphatic carbocycles. The summed E-state index contributed by atoms with van der Waals surface area (Å²) in [6, 6.07) is 2.01. The molecule has 130 valence electrons. The molecule has 1 saturated carbocycles. The van der Waals surface area contributed by atoms with E-state index >= 15 is 0 Å². The molecule has 7 heteroatoms. The van der Waals surface area contributed by atoms with Crippen molar-refractivity contribution in [2.75, 3.05) is 6.54 Å². The van der Waals surface area contributed by atoms with Crippen LogP contribution in [0.5, 0.6) is 0 Å². The Balaban J connectivity index is 1.40. The average Bonchev–Trinajstić information content (AvgIpc) is 3.33. The van der Waals surface area contributed by atoms with E-state index in [1.807, 2.05) is 17.7 Å². The van der Waals surface area contributed by atoms with Gasteiger partial charge in [0.15, 0.2) is 5.82 Å². The van der Waals surface area contributed by atoms with E-state index in [1.54, 1.807) is 0 Å². The molecule has 7 nitrogen and oxygen atoms in total. The predicted molar refractivity (Wildman–Crippen MR) is 87.1 cm³/mol. The molecule has 1 aliphatic heterocycles. The summed E-state index contributed by atoms with van der Waals surface area (Å²) in [6.07, 6.45) is 5.10. The molecular weight excluding hydrogens is 306 g/mol. The third-order valence-electron chi connectivity index (χ3n) is 5.18. The summed E-state index contributed by atoms with van der Waals surface area (Å²) in [5.41, 5.74) is 1.92. The molecule has 0 saturated heterocycles. The normalized spacial score (nSPS) is 20.4. The molecule has 1 fully saturated rings. The third kappa shape index (κ3) is 3.10. The van der Waals surface area contributed by atoms with Crippen LogP contribution in [-0.2, 0) is 19.6 Å². The van der Waals surface area contributed by atoms with Crippen molar-refractivity contribution < 1.29 is 9.63 Å². The molecular formula is C17H25N5O2. The Hall–Kier alpha value is -1.73. The first-order chi connectivity index (χ1) is 11.7. The van der Waals surface area contributed by atoms with Crippen LogP contribution in [0, 0.1) is 0 Å². The summed E-state index contributed by atoms with van der Waals surface area (Å²) < 4.78 is 7.48. The van der Waals surface area contributed by atoms with Gasteiger partial charge >= 0.3 is 0 Å². The second-order valence-corrected chi connectivity index (χ2v) is 6.95. The predicted octanol–water partition coefficient (Wildman–Crippen LogP) is 2.38. The fourth-order valence-corrected chi connectivity index (χ4v) is 3.72. The van der Waals surface area contributed by atoms with Crippen LogP contribution in [0.25, 0.3) is 0 Å². The molecule has 2 aromatic heterocycles. The zero-order valence-electron chi connectivity index (χ0n) is 14.2. The lowest BCUT2D eigenvalue weighted by Crippen LogP contribution is -2.33. The van der Waals surface area contributed by atoms with Crippen LogP contribution < -0.4 is 0 Å². The van der Waals surface area contributed by atoms with Gasteiger partial charge in [-0.05, 0) is 25.3 Å². The number of aliphatic hydroxyl groups excluding tert-OH is 1. The fourth-order valence-electron chi connectivity index (χ4n) is 3.72. The van der Waals surface area contributed by atoms with Gasteiger partial charge in [0.25, 0.3) is 0 Å². The maximum atomic E-state index is 9.96. The van der Waals surface area contributed by atoms with Crippen LogP contribution in [0.3, 0.4) is 0 Å². The molecule has 4 rings (SSSR count). The number of hydrogen-bond donors (Lipinski definition) is 1. The number of nitrogens with zero attached hydrogens (tertiary/aromatic N) is 5. The molecule has 0 aromatic carbocycles. The molecule has 0 bridgehead atoms. The highest BCUT2D eigenvalue weighted by molar-refractivity contribution is 5.14. The highest BCUT2D eigenvalue weighted by Crippen LogP contribution is 2.33. The second-order valence-electron chi connectivity index (χ2n) is 6.95. The molecule has 1 N–H and O–H groups in total. The van der Waals surface area contributed by atoms with Gasteiger partial charge in [0.2, 0.25) is 5.89 Å². The Morgan fingerprint density at radius 2 is 2.17 bits per heavy atom. The number of rotatable bonds is 5. The standard InChI is InChI=1S/C17H25N5O2/c1-2-15(23)14-9-13-10-21(7-8-22(13)19-14)11-16-18-17(24-20-16)12-5-3-4-6-12/h9,12,15,23H,2-8,10-11H2,1H3/t15-/m0/s1. The lowest BCUT2D eigenvalue weighted by atomic mass is 10.1. The van der Waals surface area contributed by atoms with Crippen molar-refractivity contribution in [1.29, 1.82) is 0 Å². The van der Waals surface area contributed by atoms with E-state index in [9.17, 15) is 5.11 Å². The molecule has 0 unspecified atom stereocenters. The first-order valence-corrected chi connectivity index (χ1v) is 9.02. The molecule has 0 radical (unpaired) electrons. The summed E-state index contributed by atoms with van der Waals surface area (Å²) in [6.45, 7) is 5.21. The van der Waals surface area contributed by atoms with E-state index in [-0.39, 0.29) is 0 Å². The van der Waals surface area contributed by atoms with Gasteiger partial charge in [0.05, 0.1) is 30.6 Å². The zero-order valence-corrected chi connectivity index (χ0v) is 14.2. The summed E-state index contributed by atoms with van der Waals surface area (Å²) in [5.74, 6) is 2.06. The maximum Gasteiger partial charge on any atom is 0.229 e. The van der Waals surface area contributed by atoms with Crippen LogP contribution in [-0.4, -0.2) is 36.5 Å². The van der Waals surface area contributed by atoms with Crippen molar-refractivity contribution in [2.45, 2.75) is 70.7 Å². The Morgan fingerprint density at radius 1 is 1.33 bits per heavy atom. The Bertz CT molecular complexity index is 689. The minimum Gasteiger partial charge on any atom is -0.387 e. The monoisotopic (exact) mass is 331 g/mol. The third-order valence-corrected chi connectivity index (χ3v) is 5.18. The first-order valence-electron chi connectivity index (χ1n) is 9.02. The molecule has 0 amide bonds. The lowest BCUT2D eigenvalue weighted by Gasteiger charge is -2.26. The minimum absolute atomic E-state index is 0.465. The van der Waals surface area contributed by atoms with E-state index in [0.717, 1.165) is 42.7 Å². The quantitative estimate of drug-likeness (QED) is 0.906.